The molecule has 7 heteroatoms. The summed E-state index contributed by atoms with van der Waals surface area (Å²) in [5, 5.41) is 0. The van der Waals surface area contributed by atoms with Crippen LogP contribution in [-0.2, 0) is 23.9 Å². The van der Waals surface area contributed by atoms with Gasteiger partial charge in [0.15, 0.2) is 0 Å². The number of benzene rings is 1. The van der Waals surface area contributed by atoms with Gasteiger partial charge in [0.25, 0.3) is 0 Å². The van der Waals surface area contributed by atoms with E-state index in [1.807, 2.05) is 0 Å². The van der Waals surface area contributed by atoms with Gasteiger partial charge in [0.05, 0.1) is 17.9 Å². The maximum atomic E-state index is 12.1. The van der Waals surface area contributed by atoms with Gasteiger partial charge in [0.2, 0.25) is 17.9 Å². The first-order chi connectivity index (χ1) is 10.6. The van der Waals surface area contributed by atoms with Gasteiger partial charge < -0.3 is 9.47 Å². The molecule has 2 saturated heterocycles. The van der Waals surface area contributed by atoms with Crippen molar-refractivity contribution in [2.75, 3.05) is 11.5 Å². The van der Waals surface area contributed by atoms with E-state index in [9.17, 15) is 19.2 Å². The number of cyclic esters (lactones) is 1. The van der Waals surface area contributed by atoms with Gasteiger partial charge in [-0.2, -0.15) is 0 Å². The Hall–Kier alpha value is -2.70. The predicted octanol–water partition coefficient (Wildman–Crippen LogP) is 0.812. The molecule has 0 aliphatic carbocycles. The molecule has 3 rings (SSSR count). The summed E-state index contributed by atoms with van der Waals surface area (Å²) in [5.74, 6) is -1.84. The highest BCUT2D eigenvalue weighted by atomic mass is 16.6. The molecule has 0 unspecified atom stereocenters. The number of amides is 2. The number of carbonyl (C=O) groups excluding carboxylic acids is 4. The third-order valence-corrected chi connectivity index (χ3v) is 3.53. The Morgan fingerprint density at radius 1 is 1.18 bits per heavy atom. The summed E-state index contributed by atoms with van der Waals surface area (Å²) in [6, 6.07) is 6.03. The molecule has 22 heavy (non-hydrogen) atoms. The summed E-state index contributed by atoms with van der Waals surface area (Å²) in [6.07, 6.45) is -0.234. The molecule has 0 N–H and O–H groups in total. The Morgan fingerprint density at radius 3 is 2.55 bits per heavy atom. The standard InChI is InChI=1S/C15H13NO6/c17-12-4-5-13(18)16(12)10-3-1-2-9(8-10)14(19)22-11-6-7-21-15(11)20/h1-3,8,11H,4-7H2/t11-/m1/s1. The fourth-order valence-electron chi connectivity index (χ4n) is 2.42. The number of nitrogens with zero attached hydrogens (tertiary/aromatic N) is 1. The average Bonchev–Trinajstić information content (AvgIpc) is 3.05. The minimum Gasteiger partial charge on any atom is -0.463 e. The topological polar surface area (TPSA) is 90.0 Å². The van der Waals surface area contributed by atoms with Crippen LogP contribution in [0.25, 0.3) is 0 Å². The van der Waals surface area contributed by atoms with Gasteiger partial charge in [-0.1, -0.05) is 6.07 Å². The molecule has 2 heterocycles. The Labute approximate surface area is 125 Å². The van der Waals surface area contributed by atoms with E-state index in [1.54, 1.807) is 12.1 Å². The van der Waals surface area contributed by atoms with Gasteiger partial charge >= 0.3 is 11.9 Å². The van der Waals surface area contributed by atoms with Crippen LogP contribution in [0, 0.1) is 0 Å². The van der Waals surface area contributed by atoms with Crippen molar-refractivity contribution < 1.29 is 28.7 Å². The van der Waals surface area contributed by atoms with Crippen LogP contribution < -0.4 is 4.90 Å². The molecule has 1 atom stereocenters. The fourth-order valence-corrected chi connectivity index (χ4v) is 2.42. The van der Waals surface area contributed by atoms with Crippen molar-refractivity contribution in [3.63, 3.8) is 0 Å². The number of ether oxygens (including phenoxy) is 2. The van der Waals surface area contributed by atoms with Gasteiger partial charge in [-0.25, -0.2) is 9.59 Å². The highest BCUT2D eigenvalue weighted by Crippen LogP contribution is 2.24. The van der Waals surface area contributed by atoms with E-state index in [1.165, 1.54) is 12.1 Å². The molecule has 7 nitrogen and oxygen atoms in total. The van der Waals surface area contributed by atoms with Crippen molar-refractivity contribution in [3.05, 3.63) is 29.8 Å². The summed E-state index contributed by atoms with van der Waals surface area (Å²) in [5.41, 5.74) is 0.501. The summed E-state index contributed by atoms with van der Waals surface area (Å²) in [4.78, 5) is 47.9. The zero-order valence-electron chi connectivity index (χ0n) is 11.6. The molecule has 0 radical (unpaired) electrons. The average molecular weight is 303 g/mol. The van der Waals surface area contributed by atoms with E-state index in [-0.39, 0.29) is 36.8 Å². The lowest BCUT2D eigenvalue weighted by Crippen LogP contribution is -2.29. The van der Waals surface area contributed by atoms with Crippen LogP contribution in [0.2, 0.25) is 0 Å². The summed E-state index contributed by atoms with van der Waals surface area (Å²) in [6.45, 7) is 0.230. The quantitative estimate of drug-likeness (QED) is 0.606. The summed E-state index contributed by atoms with van der Waals surface area (Å²) >= 11 is 0. The third kappa shape index (κ3) is 2.57. The van der Waals surface area contributed by atoms with Crippen LogP contribution in [0.3, 0.4) is 0 Å². The summed E-state index contributed by atoms with van der Waals surface area (Å²) in [7, 11) is 0. The number of imide groups is 1. The molecule has 0 spiro atoms. The molecular weight excluding hydrogens is 290 g/mol. The molecule has 2 aliphatic heterocycles. The second-order valence-corrected chi connectivity index (χ2v) is 5.02. The van der Waals surface area contributed by atoms with Gasteiger partial charge in [-0.05, 0) is 18.2 Å². The highest BCUT2D eigenvalue weighted by molar-refractivity contribution is 6.20. The maximum absolute atomic E-state index is 12.1. The van der Waals surface area contributed by atoms with Crippen LogP contribution in [0.1, 0.15) is 29.6 Å². The molecule has 2 aliphatic rings. The lowest BCUT2D eigenvalue weighted by molar-refractivity contribution is -0.145. The van der Waals surface area contributed by atoms with E-state index < -0.39 is 18.0 Å². The van der Waals surface area contributed by atoms with Crippen molar-refractivity contribution in [3.8, 4) is 0 Å². The predicted molar refractivity (Wildman–Crippen MR) is 72.9 cm³/mol. The van der Waals surface area contributed by atoms with Gasteiger partial charge in [0.1, 0.15) is 0 Å². The summed E-state index contributed by atoms with van der Waals surface area (Å²) < 4.78 is 9.80. The lowest BCUT2D eigenvalue weighted by Gasteiger charge is -2.15. The van der Waals surface area contributed by atoms with Crippen molar-refractivity contribution in [2.24, 2.45) is 0 Å². The fraction of sp³-hybridized carbons (Fsp3) is 0.333. The molecular formula is C15H13NO6. The smallest absolute Gasteiger partial charge is 0.347 e. The molecule has 2 amide bonds. The van der Waals surface area contributed by atoms with Crippen molar-refractivity contribution in [1.82, 2.24) is 0 Å². The van der Waals surface area contributed by atoms with Crippen LogP contribution >= 0.6 is 0 Å². The van der Waals surface area contributed by atoms with Gasteiger partial charge in [-0.3, -0.25) is 14.5 Å². The number of hydrogen-bond donors (Lipinski definition) is 0. The Kier molecular flexibility index (Phi) is 3.62. The van der Waals surface area contributed by atoms with Crippen molar-refractivity contribution in [1.29, 1.82) is 0 Å². The molecule has 1 aromatic carbocycles. The second kappa shape index (κ2) is 5.59. The first-order valence-electron chi connectivity index (χ1n) is 6.90. The third-order valence-electron chi connectivity index (χ3n) is 3.53. The SMILES string of the molecule is O=C(O[C@@H]1CCOC1=O)c1cccc(N2C(=O)CCC2=O)c1. The lowest BCUT2D eigenvalue weighted by atomic mass is 10.2. The highest BCUT2D eigenvalue weighted by Gasteiger charge is 2.32. The zero-order chi connectivity index (χ0) is 15.7. The van der Waals surface area contributed by atoms with Crippen LogP contribution in [0.15, 0.2) is 24.3 Å². The number of anilines is 1. The first-order valence-corrected chi connectivity index (χ1v) is 6.90. The van der Waals surface area contributed by atoms with Crippen molar-refractivity contribution >= 4 is 29.4 Å². The Bertz CT molecular complexity index is 652. The molecule has 114 valence electrons. The normalized spacial score (nSPS) is 21.2. The molecule has 2 fully saturated rings. The first kappa shape index (κ1) is 14.2. The molecule has 0 aromatic heterocycles. The zero-order valence-corrected chi connectivity index (χ0v) is 11.6. The monoisotopic (exact) mass is 303 g/mol. The van der Waals surface area contributed by atoms with Crippen LogP contribution in [0.4, 0.5) is 5.69 Å². The van der Waals surface area contributed by atoms with E-state index in [2.05, 4.69) is 0 Å². The molecule has 0 bridgehead atoms. The van der Waals surface area contributed by atoms with Gasteiger partial charge in [0, 0.05) is 19.3 Å². The maximum Gasteiger partial charge on any atom is 0.347 e. The number of hydrogen-bond acceptors (Lipinski definition) is 6. The number of rotatable bonds is 3. The van der Waals surface area contributed by atoms with Crippen LogP contribution in [-0.4, -0.2) is 36.5 Å². The van der Waals surface area contributed by atoms with E-state index >= 15 is 0 Å². The second-order valence-electron chi connectivity index (χ2n) is 5.02. The Morgan fingerprint density at radius 2 is 1.91 bits per heavy atom. The molecule has 1 aromatic rings. The van der Waals surface area contributed by atoms with E-state index in [0.717, 1.165) is 4.90 Å². The van der Waals surface area contributed by atoms with Gasteiger partial charge in [-0.15, -0.1) is 0 Å². The Balaban J connectivity index is 1.79. The van der Waals surface area contributed by atoms with Crippen LogP contribution in [0.5, 0.6) is 0 Å². The minimum absolute atomic E-state index is 0.168. The van der Waals surface area contributed by atoms with Crippen molar-refractivity contribution in [2.45, 2.75) is 25.4 Å². The number of esters is 2. The van der Waals surface area contributed by atoms with E-state index in [4.69, 9.17) is 9.47 Å². The number of carbonyl (C=O) groups is 4. The van der Waals surface area contributed by atoms with E-state index in [0.29, 0.717) is 12.1 Å². The molecule has 0 saturated carbocycles. The minimum atomic E-state index is -0.897. The largest absolute Gasteiger partial charge is 0.463 e.